The number of hydrogen-bond donors (Lipinski definition) is 0. The van der Waals surface area contributed by atoms with Crippen molar-refractivity contribution in [2.75, 3.05) is 4.90 Å². The molecule has 2 heterocycles. The summed E-state index contributed by atoms with van der Waals surface area (Å²) in [5, 5.41) is 0. The number of ether oxygens (including phenoxy) is 1. The Hall–Kier alpha value is -5.03. The molecule has 6 aromatic rings. The van der Waals surface area contributed by atoms with Crippen molar-refractivity contribution in [1.82, 2.24) is 9.97 Å². The zero-order valence-electron chi connectivity index (χ0n) is 19.7. The first-order valence-corrected chi connectivity index (χ1v) is 12.0. The van der Waals surface area contributed by atoms with Crippen LogP contribution in [0.3, 0.4) is 0 Å². The van der Waals surface area contributed by atoms with E-state index < -0.39 is 0 Å². The van der Waals surface area contributed by atoms with Gasteiger partial charge in [0.15, 0.2) is 11.5 Å². The van der Waals surface area contributed by atoms with E-state index in [1.165, 1.54) is 6.07 Å². The van der Waals surface area contributed by atoms with Gasteiger partial charge in [-0.15, -0.1) is 0 Å². The zero-order valence-corrected chi connectivity index (χ0v) is 19.7. The number of aromatic nitrogens is 2. The monoisotopic (exact) mass is 481 g/mol. The number of hydrogen-bond acceptors (Lipinski definition) is 4. The summed E-state index contributed by atoms with van der Waals surface area (Å²) in [5.41, 5.74) is 6.35. The minimum Gasteiger partial charge on any atom is -0.453 e. The second kappa shape index (κ2) is 8.57. The molecule has 0 atom stereocenters. The Labute approximate surface area is 213 Å². The first-order valence-electron chi connectivity index (χ1n) is 12.0. The Balaban J connectivity index is 1.48. The van der Waals surface area contributed by atoms with E-state index in [1.54, 1.807) is 6.07 Å². The molecular weight excluding hydrogens is 461 g/mol. The van der Waals surface area contributed by atoms with Crippen LogP contribution in [0.4, 0.5) is 21.5 Å². The lowest BCUT2D eigenvalue weighted by Crippen LogP contribution is -2.17. The molecule has 1 aliphatic heterocycles. The van der Waals surface area contributed by atoms with Gasteiger partial charge in [0.2, 0.25) is 0 Å². The molecule has 0 saturated heterocycles. The first kappa shape index (κ1) is 21.3. The Morgan fingerprint density at radius 1 is 0.514 bits per heavy atom. The predicted molar refractivity (Wildman–Crippen MR) is 145 cm³/mol. The van der Waals surface area contributed by atoms with Crippen LogP contribution in [-0.2, 0) is 0 Å². The fourth-order valence-corrected chi connectivity index (χ4v) is 4.80. The number of nitrogens with zero attached hydrogens (tertiary/aromatic N) is 3. The molecule has 0 saturated carbocycles. The van der Waals surface area contributed by atoms with Crippen LogP contribution in [0, 0.1) is 5.82 Å². The summed E-state index contributed by atoms with van der Waals surface area (Å²) in [7, 11) is 0. The van der Waals surface area contributed by atoms with Crippen molar-refractivity contribution in [2.45, 2.75) is 0 Å². The average molecular weight is 482 g/mol. The van der Waals surface area contributed by atoms with Crippen LogP contribution < -0.4 is 9.64 Å². The summed E-state index contributed by atoms with van der Waals surface area (Å²) in [6.07, 6.45) is 0. The maximum Gasteiger partial charge on any atom is 0.151 e. The molecule has 0 unspecified atom stereocenters. The summed E-state index contributed by atoms with van der Waals surface area (Å²) >= 11 is 0. The number of halogens is 1. The number of anilines is 3. The number of para-hydroxylation sites is 4. The smallest absolute Gasteiger partial charge is 0.151 e. The van der Waals surface area contributed by atoms with Crippen LogP contribution in [0.15, 0.2) is 121 Å². The van der Waals surface area contributed by atoms with E-state index >= 15 is 4.39 Å². The third-order valence-corrected chi connectivity index (χ3v) is 6.50. The molecule has 37 heavy (non-hydrogen) atoms. The molecule has 0 bridgehead atoms. The predicted octanol–water partition coefficient (Wildman–Crippen LogP) is 8.68. The Kier molecular flexibility index (Phi) is 4.93. The third-order valence-electron chi connectivity index (χ3n) is 6.50. The molecular formula is C32H20FN3O. The van der Waals surface area contributed by atoms with Crippen LogP contribution in [0.25, 0.3) is 33.5 Å². The van der Waals surface area contributed by atoms with Crippen molar-refractivity contribution in [2.24, 2.45) is 0 Å². The highest BCUT2D eigenvalue weighted by atomic mass is 19.1. The molecule has 1 aromatic heterocycles. The van der Waals surface area contributed by atoms with Crippen molar-refractivity contribution in [3.8, 4) is 34.0 Å². The Bertz CT molecular complexity index is 1730. The highest BCUT2D eigenvalue weighted by Crippen LogP contribution is 2.51. The van der Waals surface area contributed by atoms with E-state index in [-0.39, 0.29) is 5.82 Å². The standard InChI is InChI=1S/C32H20FN3O/c33-23-19-24-25(35-32(22-13-5-2-6-14-22)31(34-24)21-11-3-1-4-12-21)20-28(23)36-26-15-7-9-17-29(26)37-30-18-10-8-16-27(30)36/h1-20H. The highest BCUT2D eigenvalue weighted by Gasteiger charge is 2.28. The summed E-state index contributed by atoms with van der Waals surface area (Å²) in [5.74, 6) is 0.937. The van der Waals surface area contributed by atoms with Gasteiger partial charge in [0.25, 0.3) is 0 Å². The van der Waals surface area contributed by atoms with Crippen LogP contribution in [0.2, 0.25) is 0 Å². The molecule has 1 aliphatic rings. The van der Waals surface area contributed by atoms with E-state index in [9.17, 15) is 0 Å². The van der Waals surface area contributed by atoms with Crippen molar-refractivity contribution in [3.63, 3.8) is 0 Å². The largest absolute Gasteiger partial charge is 0.453 e. The van der Waals surface area contributed by atoms with Gasteiger partial charge in [-0.1, -0.05) is 84.9 Å². The van der Waals surface area contributed by atoms with Crippen LogP contribution in [0.1, 0.15) is 0 Å². The molecule has 0 aliphatic carbocycles. The maximum atomic E-state index is 15.9. The van der Waals surface area contributed by atoms with Gasteiger partial charge in [-0.25, -0.2) is 14.4 Å². The van der Waals surface area contributed by atoms with Crippen molar-refractivity contribution in [3.05, 3.63) is 127 Å². The lowest BCUT2D eigenvalue weighted by atomic mass is 10.0. The van der Waals surface area contributed by atoms with Crippen molar-refractivity contribution in [1.29, 1.82) is 0 Å². The SMILES string of the molecule is Fc1cc2nc(-c3ccccc3)c(-c3ccccc3)nc2cc1N1c2ccccc2Oc2ccccc21. The number of benzene rings is 5. The fraction of sp³-hybridized carbons (Fsp3) is 0. The molecule has 7 rings (SSSR count). The van der Waals surface area contributed by atoms with Crippen LogP contribution >= 0.6 is 0 Å². The topological polar surface area (TPSA) is 38.2 Å². The molecule has 0 spiro atoms. The number of fused-ring (bicyclic) bond motifs is 3. The quantitative estimate of drug-likeness (QED) is 0.253. The molecule has 0 radical (unpaired) electrons. The van der Waals surface area contributed by atoms with E-state index in [2.05, 4.69) is 0 Å². The molecule has 0 N–H and O–H groups in total. The zero-order chi connectivity index (χ0) is 24.8. The van der Waals surface area contributed by atoms with Crippen molar-refractivity contribution < 1.29 is 9.13 Å². The van der Waals surface area contributed by atoms with Gasteiger partial charge in [0, 0.05) is 17.2 Å². The second-order valence-electron chi connectivity index (χ2n) is 8.82. The number of rotatable bonds is 3. The summed E-state index contributed by atoms with van der Waals surface area (Å²) < 4.78 is 22.0. The minimum absolute atomic E-state index is 0.386. The van der Waals surface area contributed by atoms with Crippen molar-refractivity contribution >= 4 is 28.1 Å². The van der Waals surface area contributed by atoms with Gasteiger partial charge < -0.3 is 9.64 Å². The molecule has 4 nitrogen and oxygen atoms in total. The highest BCUT2D eigenvalue weighted by molar-refractivity contribution is 5.92. The van der Waals surface area contributed by atoms with Gasteiger partial charge in [0.1, 0.15) is 5.82 Å². The molecule has 176 valence electrons. The normalized spacial score (nSPS) is 12.1. The van der Waals surface area contributed by atoms with E-state index in [0.717, 1.165) is 28.2 Å². The molecule has 0 fully saturated rings. The van der Waals surface area contributed by atoms with Gasteiger partial charge in [0.05, 0.1) is 39.5 Å². The summed E-state index contributed by atoms with van der Waals surface area (Å²) in [4.78, 5) is 11.8. The van der Waals surface area contributed by atoms with Gasteiger partial charge >= 0.3 is 0 Å². The molecule has 5 heteroatoms. The van der Waals surface area contributed by atoms with Gasteiger partial charge in [-0.05, 0) is 30.3 Å². The first-order chi connectivity index (χ1) is 18.3. The Morgan fingerprint density at radius 2 is 0.973 bits per heavy atom. The maximum absolute atomic E-state index is 15.9. The fourth-order valence-electron chi connectivity index (χ4n) is 4.80. The van der Waals surface area contributed by atoms with Crippen LogP contribution in [-0.4, -0.2) is 9.97 Å². The average Bonchev–Trinajstić information content (AvgIpc) is 2.96. The summed E-state index contributed by atoms with van der Waals surface area (Å²) in [6, 6.07) is 38.4. The summed E-state index contributed by atoms with van der Waals surface area (Å²) in [6.45, 7) is 0. The molecule has 5 aromatic carbocycles. The lowest BCUT2D eigenvalue weighted by molar-refractivity contribution is 0.476. The lowest BCUT2D eigenvalue weighted by Gasteiger charge is -2.33. The van der Waals surface area contributed by atoms with Gasteiger partial charge in [-0.3, -0.25) is 0 Å². The second-order valence-corrected chi connectivity index (χ2v) is 8.82. The van der Waals surface area contributed by atoms with E-state index in [4.69, 9.17) is 14.7 Å². The van der Waals surface area contributed by atoms with E-state index in [1.807, 2.05) is 114 Å². The van der Waals surface area contributed by atoms with Gasteiger partial charge in [-0.2, -0.15) is 0 Å². The van der Waals surface area contributed by atoms with E-state index in [0.29, 0.717) is 33.9 Å². The Morgan fingerprint density at radius 3 is 1.51 bits per heavy atom. The molecule has 0 amide bonds. The van der Waals surface area contributed by atoms with Crippen LogP contribution in [0.5, 0.6) is 11.5 Å². The third kappa shape index (κ3) is 3.60. The minimum atomic E-state index is -0.389.